The van der Waals surface area contributed by atoms with Gasteiger partial charge in [0.05, 0.1) is 10.9 Å². The molecule has 90 valence electrons. The molecule has 0 atom stereocenters. The standard InChI is InChI=1S/C13H11BrN4/c1-2-10-16-12(15)8-6-7-4-3-5-9(14)11(7)18-13(8)17-10/h3-6H,2H2,1H3,(H2,15,16,17,18). The smallest absolute Gasteiger partial charge is 0.165 e. The summed E-state index contributed by atoms with van der Waals surface area (Å²) in [6, 6.07) is 7.92. The zero-order chi connectivity index (χ0) is 12.7. The fraction of sp³-hybridized carbons (Fsp3) is 0.154. The van der Waals surface area contributed by atoms with Gasteiger partial charge in [0.15, 0.2) is 5.65 Å². The number of nitrogens with zero attached hydrogens (tertiary/aromatic N) is 3. The van der Waals surface area contributed by atoms with Crippen LogP contribution in [0.25, 0.3) is 21.9 Å². The number of para-hydroxylation sites is 1. The van der Waals surface area contributed by atoms with Gasteiger partial charge >= 0.3 is 0 Å². The van der Waals surface area contributed by atoms with Gasteiger partial charge in [-0.05, 0) is 28.1 Å². The highest BCUT2D eigenvalue weighted by Gasteiger charge is 2.08. The van der Waals surface area contributed by atoms with Crippen molar-refractivity contribution in [2.75, 3.05) is 5.73 Å². The van der Waals surface area contributed by atoms with Gasteiger partial charge in [0, 0.05) is 16.3 Å². The number of anilines is 1. The second-order valence-corrected chi connectivity index (χ2v) is 4.90. The van der Waals surface area contributed by atoms with Crippen molar-refractivity contribution in [2.24, 2.45) is 0 Å². The fourth-order valence-electron chi connectivity index (χ4n) is 1.93. The third-order valence-electron chi connectivity index (χ3n) is 2.85. The minimum absolute atomic E-state index is 0.492. The molecule has 3 rings (SSSR count). The van der Waals surface area contributed by atoms with Crippen LogP contribution in [0.5, 0.6) is 0 Å². The van der Waals surface area contributed by atoms with Crippen LogP contribution < -0.4 is 5.73 Å². The Morgan fingerprint density at radius 3 is 2.83 bits per heavy atom. The topological polar surface area (TPSA) is 64.7 Å². The summed E-state index contributed by atoms with van der Waals surface area (Å²) < 4.78 is 0.956. The van der Waals surface area contributed by atoms with Crippen molar-refractivity contribution >= 4 is 43.7 Å². The van der Waals surface area contributed by atoms with Gasteiger partial charge in [0.2, 0.25) is 0 Å². The Bertz CT molecular complexity index is 755. The number of nitrogens with two attached hydrogens (primary N) is 1. The van der Waals surface area contributed by atoms with E-state index in [9.17, 15) is 0 Å². The molecule has 2 heterocycles. The number of hydrogen-bond acceptors (Lipinski definition) is 4. The summed E-state index contributed by atoms with van der Waals surface area (Å²) >= 11 is 3.50. The first-order valence-electron chi connectivity index (χ1n) is 5.70. The van der Waals surface area contributed by atoms with Crippen LogP contribution in [0.3, 0.4) is 0 Å². The molecule has 0 amide bonds. The van der Waals surface area contributed by atoms with Gasteiger partial charge in [-0.15, -0.1) is 0 Å². The number of aryl methyl sites for hydroxylation is 1. The normalized spacial score (nSPS) is 11.2. The zero-order valence-corrected chi connectivity index (χ0v) is 11.4. The molecule has 2 N–H and O–H groups in total. The molecule has 0 saturated heterocycles. The average Bonchev–Trinajstić information content (AvgIpc) is 2.38. The molecule has 0 aliphatic heterocycles. The summed E-state index contributed by atoms with van der Waals surface area (Å²) in [5, 5.41) is 1.83. The largest absolute Gasteiger partial charge is 0.383 e. The number of nitrogen functional groups attached to an aromatic ring is 1. The molecular weight excluding hydrogens is 292 g/mol. The van der Waals surface area contributed by atoms with Crippen LogP contribution in [0.1, 0.15) is 12.7 Å². The van der Waals surface area contributed by atoms with Gasteiger partial charge in [-0.1, -0.05) is 19.1 Å². The molecular formula is C13H11BrN4. The molecule has 18 heavy (non-hydrogen) atoms. The van der Waals surface area contributed by atoms with Crippen LogP contribution in [0.15, 0.2) is 28.7 Å². The molecule has 3 aromatic rings. The number of fused-ring (bicyclic) bond motifs is 2. The molecule has 0 aliphatic rings. The molecule has 0 unspecified atom stereocenters. The predicted octanol–water partition coefficient (Wildman–Crippen LogP) is 3.09. The maximum Gasteiger partial charge on any atom is 0.165 e. The molecule has 0 bridgehead atoms. The van der Waals surface area contributed by atoms with Crippen molar-refractivity contribution < 1.29 is 0 Å². The molecule has 2 aromatic heterocycles. The van der Waals surface area contributed by atoms with Crippen molar-refractivity contribution in [2.45, 2.75) is 13.3 Å². The van der Waals surface area contributed by atoms with Crippen molar-refractivity contribution in [3.8, 4) is 0 Å². The van der Waals surface area contributed by atoms with Crippen LogP contribution in [0, 0.1) is 0 Å². The van der Waals surface area contributed by atoms with E-state index in [1.54, 1.807) is 0 Å². The van der Waals surface area contributed by atoms with Crippen LogP contribution in [0.4, 0.5) is 5.82 Å². The second-order valence-electron chi connectivity index (χ2n) is 4.05. The fourth-order valence-corrected chi connectivity index (χ4v) is 2.40. The lowest BCUT2D eigenvalue weighted by atomic mass is 10.2. The molecule has 0 fully saturated rings. The van der Waals surface area contributed by atoms with E-state index in [0.717, 1.165) is 33.0 Å². The van der Waals surface area contributed by atoms with E-state index >= 15 is 0 Å². The SMILES string of the molecule is CCc1nc(N)c2cc3cccc(Br)c3nc2n1. The molecule has 0 aliphatic carbocycles. The first-order chi connectivity index (χ1) is 8.69. The Hall–Kier alpha value is -1.75. The van der Waals surface area contributed by atoms with E-state index in [4.69, 9.17) is 5.73 Å². The summed E-state index contributed by atoms with van der Waals surface area (Å²) in [5.74, 6) is 1.21. The van der Waals surface area contributed by atoms with Crippen molar-refractivity contribution in [3.63, 3.8) is 0 Å². The third kappa shape index (κ3) is 1.71. The van der Waals surface area contributed by atoms with E-state index in [1.165, 1.54) is 0 Å². The molecule has 0 saturated carbocycles. The number of rotatable bonds is 1. The lowest BCUT2D eigenvalue weighted by molar-refractivity contribution is 0.960. The Balaban J connectivity index is 2.45. The quantitative estimate of drug-likeness (QED) is 0.702. The van der Waals surface area contributed by atoms with E-state index in [2.05, 4.69) is 30.9 Å². The summed E-state index contributed by atoms with van der Waals surface area (Å²) in [4.78, 5) is 13.3. The Kier molecular flexibility index (Phi) is 2.63. The van der Waals surface area contributed by atoms with Crippen molar-refractivity contribution in [1.82, 2.24) is 15.0 Å². The summed E-state index contributed by atoms with van der Waals surface area (Å²) in [6.07, 6.45) is 0.746. The van der Waals surface area contributed by atoms with Crippen LogP contribution in [-0.4, -0.2) is 15.0 Å². The lowest BCUT2D eigenvalue weighted by Crippen LogP contribution is -2.01. The van der Waals surface area contributed by atoms with E-state index in [-0.39, 0.29) is 0 Å². The first kappa shape index (κ1) is 11.3. The molecule has 5 heteroatoms. The van der Waals surface area contributed by atoms with E-state index in [0.29, 0.717) is 11.5 Å². The molecule has 1 aromatic carbocycles. The highest BCUT2D eigenvalue weighted by Crippen LogP contribution is 2.26. The number of hydrogen-bond donors (Lipinski definition) is 1. The number of aromatic nitrogens is 3. The highest BCUT2D eigenvalue weighted by molar-refractivity contribution is 9.10. The average molecular weight is 303 g/mol. The second kappa shape index (κ2) is 4.17. The molecule has 4 nitrogen and oxygen atoms in total. The minimum Gasteiger partial charge on any atom is -0.383 e. The van der Waals surface area contributed by atoms with Crippen LogP contribution in [-0.2, 0) is 6.42 Å². The van der Waals surface area contributed by atoms with Gasteiger partial charge in [-0.25, -0.2) is 15.0 Å². The molecule has 0 spiro atoms. The van der Waals surface area contributed by atoms with Gasteiger partial charge in [-0.3, -0.25) is 0 Å². The maximum atomic E-state index is 5.96. The number of benzene rings is 1. The monoisotopic (exact) mass is 302 g/mol. The lowest BCUT2D eigenvalue weighted by Gasteiger charge is -2.06. The third-order valence-corrected chi connectivity index (χ3v) is 3.49. The van der Waals surface area contributed by atoms with Crippen LogP contribution in [0.2, 0.25) is 0 Å². The first-order valence-corrected chi connectivity index (χ1v) is 6.49. The summed E-state index contributed by atoms with van der Waals surface area (Å²) in [6.45, 7) is 2.00. The predicted molar refractivity (Wildman–Crippen MR) is 76.3 cm³/mol. The van der Waals surface area contributed by atoms with Crippen LogP contribution >= 0.6 is 15.9 Å². The molecule has 0 radical (unpaired) electrons. The van der Waals surface area contributed by atoms with Gasteiger partial charge in [-0.2, -0.15) is 0 Å². The van der Waals surface area contributed by atoms with Gasteiger partial charge in [0.25, 0.3) is 0 Å². The van der Waals surface area contributed by atoms with Gasteiger partial charge in [0.1, 0.15) is 11.6 Å². The highest BCUT2D eigenvalue weighted by atomic mass is 79.9. The Morgan fingerprint density at radius 2 is 2.06 bits per heavy atom. The van der Waals surface area contributed by atoms with E-state index in [1.807, 2.05) is 31.2 Å². The van der Waals surface area contributed by atoms with Crippen molar-refractivity contribution in [3.05, 3.63) is 34.6 Å². The number of halogens is 1. The summed E-state index contributed by atoms with van der Waals surface area (Å²) in [5.41, 5.74) is 7.50. The Morgan fingerprint density at radius 1 is 1.22 bits per heavy atom. The zero-order valence-electron chi connectivity index (χ0n) is 9.81. The maximum absolute atomic E-state index is 5.96. The van der Waals surface area contributed by atoms with E-state index < -0.39 is 0 Å². The number of pyridine rings is 1. The Labute approximate surface area is 112 Å². The van der Waals surface area contributed by atoms with Crippen molar-refractivity contribution in [1.29, 1.82) is 0 Å². The minimum atomic E-state index is 0.492. The van der Waals surface area contributed by atoms with Gasteiger partial charge < -0.3 is 5.73 Å². The summed E-state index contributed by atoms with van der Waals surface area (Å²) in [7, 11) is 0.